The summed E-state index contributed by atoms with van der Waals surface area (Å²) in [7, 11) is 1.52. The highest BCUT2D eigenvalue weighted by Crippen LogP contribution is 2.29. The number of methoxy groups -OCH3 is 1. The van der Waals surface area contributed by atoms with Crippen LogP contribution in [-0.4, -0.2) is 23.0 Å². The van der Waals surface area contributed by atoms with Crippen molar-refractivity contribution in [1.29, 1.82) is 0 Å². The topological polar surface area (TPSA) is 73.3 Å². The molecule has 2 heterocycles. The zero-order valence-corrected chi connectivity index (χ0v) is 14.8. The largest absolute Gasteiger partial charge is 0.493 e. The Balaban J connectivity index is 1.71. The van der Waals surface area contributed by atoms with E-state index < -0.39 is 0 Å². The quantitative estimate of drug-likeness (QED) is 0.704. The highest BCUT2D eigenvalue weighted by atomic mass is 35.5. The Kier molecular flexibility index (Phi) is 5.47. The maximum Gasteiger partial charge on any atom is 0.256 e. The molecule has 3 rings (SSSR count). The Morgan fingerprint density at radius 2 is 2.12 bits per heavy atom. The first-order valence-corrected chi connectivity index (χ1v) is 8.58. The summed E-state index contributed by atoms with van der Waals surface area (Å²) in [4.78, 5) is 20.5. The van der Waals surface area contributed by atoms with Crippen LogP contribution >= 0.6 is 22.9 Å². The van der Waals surface area contributed by atoms with Crippen LogP contribution < -0.4 is 14.8 Å². The van der Waals surface area contributed by atoms with Crippen LogP contribution in [0.3, 0.4) is 0 Å². The summed E-state index contributed by atoms with van der Waals surface area (Å²) in [5.74, 6) is 1.11. The molecule has 3 aromatic rings. The van der Waals surface area contributed by atoms with Crippen LogP contribution in [0.4, 0.5) is 5.82 Å². The molecular weight excluding hydrogens is 362 g/mol. The lowest BCUT2D eigenvalue weighted by molar-refractivity contribution is 0.102. The lowest BCUT2D eigenvalue weighted by atomic mass is 10.2. The van der Waals surface area contributed by atoms with Crippen molar-refractivity contribution in [3.8, 4) is 11.5 Å². The van der Waals surface area contributed by atoms with Crippen LogP contribution in [0.15, 0.2) is 47.4 Å². The van der Waals surface area contributed by atoms with E-state index >= 15 is 0 Å². The van der Waals surface area contributed by atoms with Crippen LogP contribution in [0.25, 0.3) is 0 Å². The van der Waals surface area contributed by atoms with Crippen molar-refractivity contribution < 1.29 is 14.3 Å². The molecule has 0 spiro atoms. The number of halogens is 1. The number of aromatic nitrogens is 2. The van der Waals surface area contributed by atoms with Gasteiger partial charge in [0, 0.05) is 17.1 Å². The number of nitrogens with zero attached hydrogens (tertiary/aromatic N) is 2. The van der Waals surface area contributed by atoms with Gasteiger partial charge in [-0.1, -0.05) is 11.6 Å². The summed E-state index contributed by atoms with van der Waals surface area (Å²) in [6.45, 7) is 0.333. The molecule has 0 aliphatic carbocycles. The normalized spacial score (nSPS) is 10.3. The van der Waals surface area contributed by atoms with E-state index in [1.54, 1.807) is 35.8 Å². The molecule has 0 unspecified atom stereocenters. The van der Waals surface area contributed by atoms with E-state index in [1.807, 2.05) is 5.38 Å². The van der Waals surface area contributed by atoms with Gasteiger partial charge in [0.15, 0.2) is 11.5 Å². The number of amides is 1. The minimum atomic E-state index is -0.306. The number of pyridine rings is 1. The maximum absolute atomic E-state index is 12.3. The second-order valence-electron chi connectivity index (χ2n) is 4.95. The number of thiazole rings is 1. The van der Waals surface area contributed by atoms with Crippen molar-refractivity contribution in [2.75, 3.05) is 12.4 Å². The van der Waals surface area contributed by atoms with E-state index in [0.717, 1.165) is 5.69 Å². The number of benzene rings is 1. The SMILES string of the molecule is COc1cc(C(=O)Nc2ccc(Cl)cn2)ccc1OCc1cscn1. The first-order chi connectivity index (χ1) is 12.2. The zero-order valence-electron chi connectivity index (χ0n) is 13.2. The third kappa shape index (κ3) is 4.46. The predicted octanol–water partition coefficient (Wildman–Crippen LogP) is 4.03. The van der Waals surface area contributed by atoms with Gasteiger partial charge in [-0.25, -0.2) is 9.97 Å². The highest BCUT2D eigenvalue weighted by Gasteiger charge is 2.12. The van der Waals surface area contributed by atoms with Gasteiger partial charge in [-0.05, 0) is 30.3 Å². The van der Waals surface area contributed by atoms with Crippen molar-refractivity contribution in [3.05, 3.63) is 63.7 Å². The van der Waals surface area contributed by atoms with Crippen LogP contribution in [0.5, 0.6) is 11.5 Å². The third-order valence-corrected chi connectivity index (χ3v) is 4.11. The Bertz CT molecular complexity index is 854. The minimum Gasteiger partial charge on any atom is -0.493 e. The first kappa shape index (κ1) is 17.2. The molecule has 0 fully saturated rings. The molecule has 8 heteroatoms. The summed E-state index contributed by atoms with van der Waals surface area (Å²) in [5, 5.41) is 5.11. The van der Waals surface area contributed by atoms with Crippen LogP contribution in [0.1, 0.15) is 16.1 Å². The average Bonchev–Trinajstić information content (AvgIpc) is 3.15. The summed E-state index contributed by atoms with van der Waals surface area (Å²) in [5.41, 5.74) is 3.01. The van der Waals surface area contributed by atoms with Gasteiger partial charge in [-0.15, -0.1) is 11.3 Å². The molecular formula is C17H14ClN3O3S. The lowest BCUT2D eigenvalue weighted by Crippen LogP contribution is -2.13. The Morgan fingerprint density at radius 1 is 1.24 bits per heavy atom. The number of anilines is 1. The van der Waals surface area contributed by atoms with Gasteiger partial charge in [0.25, 0.3) is 5.91 Å². The van der Waals surface area contributed by atoms with Gasteiger partial charge in [0.2, 0.25) is 0 Å². The fraction of sp³-hybridized carbons (Fsp3) is 0.118. The second-order valence-corrected chi connectivity index (χ2v) is 6.10. The van der Waals surface area contributed by atoms with E-state index in [4.69, 9.17) is 21.1 Å². The minimum absolute atomic E-state index is 0.306. The van der Waals surface area contributed by atoms with Crippen molar-refractivity contribution in [2.24, 2.45) is 0 Å². The Morgan fingerprint density at radius 3 is 2.80 bits per heavy atom. The smallest absolute Gasteiger partial charge is 0.256 e. The van der Waals surface area contributed by atoms with E-state index in [2.05, 4.69) is 15.3 Å². The molecule has 25 heavy (non-hydrogen) atoms. The predicted molar refractivity (Wildman–Crippen MR) is 96.6 cm³/mol. The maximum atomic E-state index is 12.3. The van der Waals surface area contributed by atoms with Crippen LogP contribution in [-0.2, 0) is 6.61 Å². The van der Waals surface area contributed by atoms with Gasteiger partial charge < -0.3 is 14.8 Å². The van der Waals surface area contributed by atoms with E-state index in [1.165, 1.54) is 24.6 Å². The van der Waals surface area contributed by atoms with Gasteiger partial charge in [-0.2, -0.15) is 0 Å². The zero-order chi connectivity index (χ0) is 17.6. The average molecular weight is 376 g/mol. The fourth-order valence-corrected chi connectivity index (χ4v) is 2.68. The van der Waals surface area contributed by atoms with E-state index in [0.29, 0.717) is 34.5 Å². The molecule has 2 aromatic heterocycles. The molecule has 128 valence electrons. The molecule has 1 aromatic carbocycles. The third-order valence-electron chi connectivity index (χ3n) is 3.25. The number of carbonyl (C=O) groups excluding carboxylic acids is 1. The van der Waals surface area contributed by atoms with Gasteiger partial charge in [0.1, 0.15) is 12.4 Å². The molecule has 0 radical (unpaired) electrons. The van der Waals surface area contributed by atoms with Crippen molar-refractivity contribution in [2.45, 2.75) is 6.61 Å². The van der Waals surface area contributed by atoms with E-state index in [9.17, 15) is 4.79 Å². The number of carbonyl (C=O) groups is 1. The molecule has 1 amide bonds. The molecule has 0 bridgehead atoms. The van der Waals surface area contributed by atoms with Gasteiger partial charge >= 0.3 is 0 Å². The number of hydrogen-bond donors (Lipinski definition) is 1. The standard InChI is InChI=1S/C17H14ClN3O3S/c1-23-15-6-11(17(22)21-16-5-3-12(18)7-19-16)2-4-14(15)24-8-13-9-25-10-20-13/h2-7,9-10H,8H2,1H3,(H,19,21,22). The molecule has 0 saturated heterocycles. The summed E-state index contributed by atoms with van der Waals surface area (Å²) >= 11 is 7.28. The Hall–Kier alpha value is -2.64. The van der Waals surface area contributed by atoms with Gasteiger partial charge in [-0.3, -0.25) is 4.79 Å². The lowest BCUT2D eigenvalue weighted by Gasteiger charge is -2.11. The van der Waals surface area contributed by atoms with Crippen molar-refractivity contribution in [1.82, 2.24) is 9.97 Å². The summed E-state index contributed by atoms with van der Waals surface area (Å²) in [6.07, 6.45) is 1.47. The number of rotatable bonds is 6. The molecule has 6 nitrogen and oxygen atoms in total. The molecule has 0 aliphatic rings. The first-order valence-electron chi connectivity index (χ1n) is 7.26. The number of hydrogen-bond acceptors (Lipinski definition) is 6. The summed E-state index contributed by atoms with van der Waals surface area (Å²) in [6, 6.07) is 8.24. The van der Waals surface area contributed by atoms with Crippen molar-refractivity contribution in [3.63, 3.8) is 0 Å². The monoisotopic (exact) mass is 375 g/mol. The van der Waals surface area contributed by atoms with Crippen LogP contribution in [0.2, 0.25) is 5.02 Å². The molecule has 0 aliphatic heterocycles. The molecule has 0 saturated carbocycles. The number of ether oxygens (including phenoxy) is 2. The summed E-state index contributed by atoms with van der Waals surface area (Å²) < 4.78 is 11.0. The molecule has 0 atom stereocenters. The Labute approximate surface area is 153 Å². The van der Waals surface area contributed by atoms with Crippen molar-refractivity contribution >= 4 is 34.7 Å². The van der Waals surface area contributed by atoms with Gasteiger partial charge in [0.05, 0.1) is 23.3 Å². The molecule has 1 N–H and O–H groups in total. The van der Waals surface area contributed by atoms with E-state index in [-0.39, 0.29) is 5.91 Å². The second kappa shape index (κ2) is 7.96. The fourth-order valence-electron chi connectivity index (χ4n) is 2.03. The number of nitrogens with one attached hydrogen (secondary N) is 1. The van der Waals surface area contributed by atoms with Crippen LogP contribution in [0, 0.1) is 0 Å². The highest BCUT2D eigenvalue weighted by molar-refractivity contribution is 7.07.